The Bertz CT molecular complexity index is 1280. The molecule has 38 heavy (non-hydrogen) atoms. The molecule has 2 N–H and O–H groups in total. The zero-order chi connectivity index (χ0) is 27.0. The number of thiophene rings is 1. The first-order valence-corrected chi connectivity index (χ1v) is 14.6. The van der Waals surface area contributed by atoms with Crippen molar-refractivity contribution >= 4 is 39.3 Å². The van der Waals surface area contributed by atoms with Crippen LogP contribution in [0.1, 0.15) is 67.1 Å². The van der Waals surface area contributed by atoms with E-state index < -0.39 is 5.54 Å². The number of carbonyl (C=O) groups is 3. The molecule has 3 fully saturated rings. The van der Waals surface area contributed by atoms with Gasteiger partial charge in [-0.05, 0) is 70.0 Å². The maximum atomic E-state index is 13.6. The van der Waals surface area contributed by atoms with Crippen molar-refractivity contribution in [1.82, 2.24) is 24.3 Å². The van der Waals surface area contributed by atoms with Crippen molar-refractivity contribution < 1.29 is 14.4 Å². The molecule has 0 atom stereocenters. The summed E-state index contributed by atoms with van der Waals surface area (Å²) < 4.78 is 1.36. The zero-order valence-corrected chi connectivity index (χ0v) is 23.2. The molecule has 0 radical (unpaired) electrons. The van der Waals surface area contributed by atoms with Gasteiger partial charge in [-0.25, -0.2) is 4.98 Å². The number of rotatable bonds is 5. The Hall–Kier alpha value is -2.79. The molecule has 0 bridgehead atoms. The van der Waals surface area contributed by atoms with E-state index >= 15 is 0 Å². The highest BCUT2D eigenvalue weighted by molar-refractivity contribution is 7.20. The van der Waals surface area contributed by atoms with E-state index in [1.54, 1.807) is 11.8 Å². The number of nitrogens with zero attached hydrogens (tertiary/aromatic N) is 5. The van der Waals surface area contributed by atoms with Gasteiger partial charge in [0, 0.05) is 26.2 Å². The summed E-state index contributed by atoms with van der Waals surface area (Å²) in [6, 6.07) is 0. The maximum Gasteiger partial charge on any atom is 0.264 e. The van der Waals surface area contributed by atoms with Gasteiger partial charge in [0.25, 0.3) is 11.5 Å². The summed E-state index contributed by atoms with van der Waals surface area (Å²) in [6.45, 7) is 7.95. The summed E-state index contributed by atoms with van der Waals surface area (Å²) in [5, 5.41) is 0.401. The lowest BCUT2D eigenvalue weighted by Gasteiger charge is -2.48. The highest BCUT2D eigenvalue weighted by atomic mass is 32.1. The molecule has 3 aliphatic rings. The molecule has 11 heteroatoms. The molecule has 3 aliphatic heterocycles. The summed E-state index contributed by atoms with van der Waals surface area (Å²) in [5.41, 5.74) is 5.52. The van der Waals surface area contributed by atoms with E-state index in [0.717, 1.165) is 38.8 Å². The normalized spacial score (nSPS) is 21.1. The van der Waals surface area contributed by atoms with Crippen LogP contribution in [0, 0.1) is 12.8 Å². The highest BCUT2D eigenvalue weighted by Gasteiger charge is 2.46. The quantitative estimate of drug-likeness (QED) is 0.617. The Labute approximate surface area is 226 Å². The molecule has 0 unspecified atom stereocenters. The summed E-state index contributed by atoms with van der Waals surface area (Å²) in [4.78, 5) is 63.5. The molecule has 0 aliphatic carbocycles. The summed E-state index contributed by atoms with van der Waals surface area (Å²) in [5.74, 6) is 0.0833. The van der Waals surface area contributed by atoms with Crippen LogP contribution in [0.25, 0.3) is 10.2 Å². The standard InChI is InChI=1S/C27H38N6O4S/c1-18-6-12-30(13-7-18)20(34)16-32-17-29-23-21(24(32)35)19(2)22(38-23)25(36)31-14-8-27(9-15-31,26(28)37)33-10-4-3-5-11-33/h17-18H,3-16H2,1-2H3,(H2,28,37). The number of aryl methyl sites for hydroxylation is 1. The molecule has 5 rings (SSSR count). The predicted octanol–water partition coefficient (Wildman–Crippen LogP) is 1.97. The molecule has 2 aromatic heterocycles. The second-order valence-electron chi connectivity index (χ2n) is 11.2. The third-order valence-electron chi connectivity index (χ3n) is 8.85. The molecule has 3 amide bonds. The van der Waals surface area contributed by atoms with E-state index in [0.29, 0.717) is 65.6 Å². The monoisotopic (exact) mass is 542 g/mol. The molecule has 0 saturated carbocycles. The first-order chi connectivity index (χ1) is 18.2. The molecule has 0 aromatic carbocycles. The van der Waals surface area contributed by atoms with Crippen LogP contribution in [0.15, 0.2) is 11.1 Å². The topological polar surface area (TPSA) is 122 Å². The minimum absolute atomic E-state index is 0.0491. The highest BCUT2D eigenvalue weighted by Crippen LogP contribution is 2.34. The lowest BCUT2D eigenvalue weighted by Crippen LogP contribution is -2.63. The zero-order valence-electron chi connectivity index (χ0n) is 22.4. The number of hydrogen-bond acceptors (Lipinski definition) is 7. The Balaban J connectivity index is 1.32. The molecule has 2 aromatic rings. The Morgan fingerprint density at radius 1 is 1.03 bits per heavy atom. The second-order valence-corrected chi connectivity index (χ2v) is 12.2. The van der Waals surface area contributed by atoms with Gasteiger partial charge in [0.15, 0.2) is 0 Å². The fourth-order valence-corrected chi connectivity index (χ4v) is 7.35. The average Bonchev–Trinajstić information content (AvgIpc) is 3.27. The first kappa shape index (κ1) is 26.8. The van der Waals surface area contributed by atoms with E-state index in [9.17, 15) is 19.2 Å². The van der Waals surface area contributed by atoms with Gasteiger partial charge in [-0.2, -0.15) is 0 Å². The number of fused-ring (bicyclic) bond motifs is 1. The first-order valence-electron chi connectivity index (χ1n) is 13.8. The molecule has 5 heterocycles. The van der Waals surface area contributed by atoms with Gasteiger partial charge in [-0.1, -0.05) is 13.3 Å². The number of primary amides is 1. The number of nitrogens with two attached hydrogens (primary N) is 1. The van der Waals surface area contributed by atoms with Gasteiger partial charge in [0.1, 0.15) is 16.9 Å². The van der Waals surface area contributed by atoms with Gasteiger partial charge < -0.3 is 15.5 Å². The fraction of sp³-hybridized carbons (Fsp3) is 0.667. The number of aromatic nitrogens is 2. The Kier molecular flexibility index (Phi) is 7.59. The molecule has 0 spiro atoms. The second kappa shape index (κ2) is 10.8. The Morgan fingerprint density at radius 3 is 2.32 bits per heavy atom. The van der Waals surface area contributed by atoms with Gasteiger partial charge in [0.05, 0.1) is 16.6 Å². The molecular weight excluding hydrogens is 504 g/mol. The number of piperidine rings is 3. The maximum absolute atomic E-state index is 13.6. The van der Waals surface area contributed by atoms with Gasteiger partial charge in [-0.3, -0.25) is 28.6 Å². The SMILES string of the molecule is Cc1c(C(=O)N2CCC(C(N)=O)(N3CCCCC3)CC2)sc2ncn(CC(=O)N3CCC(C)CC3)c(=O)c12. The van der Waals surface area contributed by atoms with Crippen molar-refractivity contribution in [3.05, 3.63) is 27.1 Å². The minimum Gasteiger partial charge on any atom is -0.368 e. The van der Waals surface area contributed by atoms with Crippen molar-refractivity contribution in [1.29, 1.82) is 0 Å². The van der Waals surface area contributed by atoms with Crippen LogP contribution in [0.3, 0.4) is 0 Å². The summed E-state index contributed by atoms with van der Waals surface area (Å²) in [6.07, 6.45) is 7.69. The van der Waals surface area contributed by atoms with Crippen molar-refractivity contribution in [2.45, 2.75) is 70.9 Å². The lowest BCUT2D eigenvalue weighted by atomic mass is 9.83. The van der Waals surface area contributed by atoms with Crippen LogP contribution in [0.4, 0.5) is 0 Å². The molecule has 3 saturated heterocycles. The van der Waals surface area contributed by atoms with E-state index in [1.165, 1.54) is 28.7 Å². The van der Waals surface area contributed by atoms with Crippen LogP contribution in [-0.4, -0.2) is 86.8 Å². The van der Waals surface area contributed by atoms with E-state index in [4.69, 9.17) is 5.73 Å². The van der Waals surface area contributed by atoms with Crippen LogP contribution in [0.5, 0.6) is 0 Å². The Morgan fingerprint density at radius 2 is 1.68 bits per heavy atom. The van der Waals surface area contributed by atoms with Crippen LogP contribution < -0.4 is 11.3 Å². The lowest BCUT2D eigenvalue weighted by molar-refractivity contribution is -0.134. The van der Waals surface area contributed by atoms with Crippen molar-refractivity contribution in [2.24, 2.45) is 11.7 Å². The van der Waals surface area contributed by atoms with E-state index in [-0.39, 0.29) is 29.8 Å². The average molecular weight is 543 g/mol. The number of hydrogen-bond donors (Lipinski definition) is 1. The molecular formula is C27H38N6O4S. The smallest absolute Gasteiger partial charge is 0.264 e. The van der Waals surface area contributed by atoms with Crippen LogP contribution in [-0.2, 0) is 16.1 Å². The van der Waals surface area contributed by atoms with Gasteiger partial charge in [-0.15, -0.1) is 11.3 Å². The summed E-state index contributed by atoms with van der Waals surface area (Å²) >= 11 is 1.22. The van der Waals surface area contributed by atoms with Crippen molar-refractivity contribution in [3.63, 3.8) is 0 Å². The van der Waals surface area contributed by atoms with Gasteiger partial charge >= 0.3 is 0 Å². The van der Waals surface area contributed by atoms with Gasteiger partial charge in [0.2, 0.25) is 11.8 Å². The number of amides is 3. The van der Waals surface area contributed by atoms with E-state index in [2.05, 4.69) is 16.8 Å². The van der Waals surface area contributed by atoms with E-state index in [1.807, 2.05) is 4.90 Å². The number of likely N-dealkylation sites (tertiary alicyclic amines) is 3. The molecule has 206 valence electrons. The fourth-order valence-electron chi connectivity index (χ4n) is 6.24. The third-order valence-corrected chi connectivity index (χ3v) is 10.0. The molecule has 10 nitrogen and oxygen atoms in total. The van der Waals surface area contributed by atoms with Crippen molar-refractivity contribution in [3.8, 4) is 0 Å². The van der Waals surface area contributed by atoms with Crippen molar-refractivity contribution in [2.75, 3.05) is 39.3 Å². The predicted molar refractivity (Wildman–Crippen MR) is 146 cm³/mol. The summed E-state index contributed by atoms with van der Waals surface area (Å²) in [7, 11) is 0. The van der Waals surface area contributed by atoms with Crippen LogP contribution >= 0.6 is 11.3 Å². The van der Waals surface area contributed by atoms with Crippen LogP contribution in [0.2, 0.25) is 0 Å². The third kappa shape index (κ3) is 4.86. The minimum atomic E-state index is -0.694. The largest absolute Gasteiger partial charge is 0.368 e. The number of carbonyl (C=O) groups excluding carboxylic acids is 3.